The van der Waals surface area contributed by atoms with Crippen LogP contribution in [0.3, 0.4) is 0 Å². The minimum absolute atomic E-state index is 0.0204. The topological polar surface area (TPSA) is 42.2 Å². The van der Waals surface area contributed by atoms with Crippen molar-refractivity contribution in [3.8, 4) is 5.75 Å². The molecular weight excluding hydrogens is 226 g/mol. The number of phenols is 1. The van der Waals surface area contributed by atoms with E-state index in [0.717, 1.165) is 17.0 Å². The summed E-state index contributed by atoms with van der Waals surface area (Å²) in [6, 6.07) is 10.2. The predicted octanol–water partition coefficient (Wildman–Crippen LogP) is 2.80. The minimum atomic E-state index is 0.0204. The van der Waals surface area contributed by atoms with E-state index in [2.05, 4.69) is 0 Å². The molecule has 0 aliphatic heterocycles. The molecule has 0 atom stereocenters. The highest BCUT2D eigenvalue weighted by Crippen LogP contribution is 2.13. The average molecular weight is 241 g/mol. The van der Waals surface area contributed by atoms with Crippen molar-refractivity contribution in [2.75, 3.05) is 0 Å². The molecule has 0 radical (unpaired) electrons. The summed E-state index contributed by atoms with van der Waals surface area (Å²) in [6.07, 6.45) is 3.78. The van der Waals surface area contributed by atoms with E-state index in [1.54, 1.807) is 30.3 Å². The second-order valence-electron chi connectivity index (χ2n) is 4.25. The lowest BCUT2D eigenvalue weighted by molar-refractivity contribution is 0.475. The van der Waals surface area contributed by atoms with Crippen LogP contribution in [0.25, 0.3) is 12.3 Å². The van der Waals surface area contributed by atoms with E-state index in [4.69, 9.17) is 0 Å². The van der Waals surface area contributed by atoms with Gasteiger partial charge in [0.2, 0.25) is 0 Å². The first-order valence-electron chi connectivity index (χ1n) is 5.73. The molecule has 0 saturated carbocycles. The molecule has 1 heterocycles. The normalized spacial score (nSPS) is 11.0. The van der Waals surface area contributed by atoms with Crippen LogP contribution in [-0.2, 0) is 0 Å². The SMILES string of the molecule is Cc1cc(=O)cc(C)n1/C=C/c1cccc(O)c1. The van der Waals surface area contributed by atoms with Crippen LogP contribution in [0, 0.1) is 13.8 Å². The van der Waals surface area contributed by atoms with Crippen molar-refractivity contribution in [1.82, 2.24) is 4.57 Å². The minimum Gasteiger partial charge on any atom is -0.508 e. The van der Waals surface area contributed by atoms with Crippen LogP contribution in [0.4, 0.5) is 0 Å². The zero-order valence-electron chi connectivity index (χ0n) is 10.4. The number of pyridine rings is 1. The van der Waals surface area contributed by atoms with Crippen molar-refractivity contribution in [2.45, 2.75) is 13.8 Å². The fraction of sp³-hybridized carbons (Fsp3) is 0.133. The quantitative estimate of drug-likeness (QED) is 0.878. The van der Waals surface area contributed by atoms with Crippen molar-refractivity contribution in [3.63, 3.8) is 0 Å². The summed E-state index contributed by atoms with van der Waals surface area (Å²) in [6.45, 7) is 3.78. The number of benzene rings is 1. The predicted molar refractivity (Wildman–Crippen MR) is 73.5 cm³/mol. The van der Waals surface area contributed by atoms with Crippen LogP contribution in [0.1, 0.15) is 17.0 Å². The number of aryl methyl sites for hydroxylation is 2. The first-order valence-corrected chi connectivity index (χ1v) is 5.73. The van der Waals surface area contributed by atoms with E-state index < -0.39 is 0 Å². The molecule has 0 fully saturated rings. The Kier molecular flexibility index (Phi) is 3.33. The van der Waals surface area contributed by atoms with Crippen molar-refractivity contribution >= 4 is 12.3 Å². The Bertz CT molecular complexity index is 628. The molecule has 0 bridgehead atoms. The lowest BCUT2D eigenvalue weighted by atomic mass is 10.2. The molecule has 2 rings (SSSR count). The molecule has 2 aromatic rings. The van der Waals surface area contributed by atoms with Gasteiger partial charge in [-0.3, -0.25) is 4.79 Å². The fourth-order valence-electron chi connectivity index (χ4n) is 1.89. The number of nitrogens with zero attached hydrogens (tertiary/aromatic N) is 1. The molecule has 18 heavy (non-hydrogen) atoms. The smallest absolute Gasteiger partial charge is 0.182 e. The summed E-state index contributed by atoms with van der Waals surface area (Å²) in [7, 11) is 0. The van der Waals surface area contributed by atoms with Gasteiger partial charge in [-0.15, -0.1) is 0 Å². The largest absolute Gasteiger partial charge is 0.508 e. The standard InChI is InChI=1S/C15H15NO2/c1-11-8-15(18)9-12(2)16(11)7-6-13-4-3-5-14(17)10-13/h3-10,17H,1-2H3/b7-6+. The third-order valence-corrected chi connectivity index (χ3v) is 2.75. The Morgan fingerprint density at radius 3 is 2.39 bits per heavy atom. The van der Waals surface area contributed by atoms with Gasteiger partial charge in [0.25, 0.3) is 0 Å². The van der Waals surface area contributed by atoms with Gasteiger partial charge in [0, 0.05) is 29.7 Å². The number of phenolic OH excluding ortho intramolecular Hbond substituents is 1. The van der Waals surface area contributed by atoms with Gasteiger partial charge in [0.05, 0.1) is 0 Å². The average Bonchev–Trinajstić information content (AvgIpc) is 2.27. The van der Waals surface area contributed by atoms with Crippen LogP contribution in [0.15, 0.2) is 41.2 Å². The highest BCUT2D eigenvalue weighted by atomic mass is 16.3. The molecule has 0 unspecified atom stereocenters. The molecule has 92 valence electrons. The van der Waals surface area contributed by atoms with Gasteiger partial charge in [0.1, 0.15) is 5.75 Å². The van der Waals surface area contributed by atoms with Crippen molar-refractivity contribution in [3.05, 3.63) is 63.6 Å². The molecule has 0 amide bonds. The van der Waals surface area contributed by atoms with Crippen LogP contribution >= 0.6 is 0 Å². The Balaban J connectivity index is 2.38. The molecule has 1 aromatic heterocycles. The third kappa shape index (κ3) is 2.69. The number of hydrogen-bond donors (Lipinski definition) is 1. The summed E-state index contributed by atoms with van der Waals surface area (Å²) in [5.41, 5.74) is 2.70. The maximum Gasteiger partial charge on any atom is 0.182 e. The monoisotopic (exact) mass is 241 g/mol. The van der Waals surface area contributed by atoms with E-state index in [9.17, 15) is 9.90 Å². The Morgan fingerprint density at radius 1 is 1.11 bits per heavy atom. The Hall–Kier alpha value is -2.29. The molecule has 3 heteroatoms. The van der Waals surface area contributed by atoms with Gasteiger partial charge in [-0.05, 0) is 37.6 Å². The molecule has 0 aliphatic carbocycles. The summed E-state index contributed by atoms with van der Waals surface area (Å²) in [5.74, 6) is 0.241. The van der Waals surface area contributed by atoms with Crippen LogP contribution < -0.4 is 5.43 Å². The van der Waals surface area contributed by atoms with E-state index >= 15 is 0 Å². The summed E-state index contributed by atoms with van der Waals surface area (Å²) in [4.78, 5) is 11.3. The molecule has 0 saturated heterocycles. The second-order valence-corrected chi connectivity index (χ2v) is 4.25. The Morgan fingerprint density at radius 2 is 1.78 bits per heavy atom. The van der Waals surface area contributed by atoms with Crippen LogP contribution in [-0.4, -0.2) is 9.67 Å². The van der Waals surface area contributed by atoms with Gasteiger partial charge in [-0.25, -0.2) is 0 Å². The molecule has 3 nitrogen and oxygen atoms in total. The Labute approximate surface area is 106 Å². The highest BCUT2D eigenvalue weighted by molar-refractivity contribution is 5.62. The van der Waals surface area contributed by atoms with E-state index in [1.165, 1.54) is 0 Å². The van der Waals surface area contributed by atoms with Gasteiger partial charge in [0.15, 0.2) is 5.43 Å². The molecule has 0 spiro atoms. The lowest BCUT2D eigenvalue weighted by Gasteiger charge is -2.08. The highest BCUT2D eigenvalue weighted by Gasteiger charge is 1.98. The number of rotatable bonds is 2. The van der Waals surface area contributed by atoms with Gasteiger partial charge in [-0.2, -0.15) is 0 Å². The molecule has 1 aromatic carbocycles. The molecule has 1 N–H and O–H groups in total. The van der Waals surface area contributed by atoms with E-state index in [-0.39, 0.29) is 11.2 Å². The van der Waals surface area contributed by atoms with Gasteiger partial charge in [-0.1, -0.05) is 12.1 Å². The van der Waals surface area contributed by atoms with Crippen molar-refractivity contribution < 1.29 is 5.11 Å². The zero-order chi connectivity index (χ0) is 13.1. The van der Waals surface area contributed by atoms with Gasteiger partial charge < -0.3 is 9.67 Å². The van der Waals surface area contributed by atoms with Gasteiger partial charge >= 0.3 is 0 Å². The maximum absolute atomic E-state index is 11.3. The lowest BCUT2D eigenvalue weighted by Crippen LogP contribution is -2.08. The van der Waals surface area contributed by atoms with E-state index in [0.29, 0.717) is 0 Å². The summed E-state index contributed by atoms with van der Waals surface area (Å²) < 4.78 is 1.94. The molecule has 0 aliphatic rings. The number of hydrogen-bond acceptors (Lipinski definition) is 2. The first kappa shape index (κ1) is 12.2. The fourth-order valence-corrected chi connectivity index (χ4v) is 1.89. The zero-order valence-corrected chi connectivity index (χ0v) is 10.4. The van der Waals surface area contributed by atoms with Crippen LogP contribution in [0.2, 0.25) is 0 Å². The number of aromatic hydroxyl groups is 1. The van der Waals surface area contributed by atoms with Crippen molar-refractivity contribution in [2.24, 2.45) is 0 Å². The first-order chi connectivity index (χ1) is 8.56. The summed E-state index contributed by atoms with van der Waals surface area (Å²) >= 11 is 0. The number of aromatic nitrogens is 1. The van der Waals surface area contributed by atoms with Crippen LogP contribution in [0.5, 0.6) is 5.75 Å². The maximum atomic E-state index is 11.3. The van der Waals surface area contributed by atoms with Crippen molar-refractivity contribution in [1.29, 1.82) is 0 Å². The molecular formula is C15H15NO2. The van der Waals surface area contributed by atoms with E-state index in [1.807, 2.05) is 36.8 Å². The second kappa shape index (κ2) is 4.92. The third-order valence-electron chi connectivity index (χ3n) is 2.75. The summed E-state index contributed by atoms with van der Waals surface area (Å²) in [5, 5.41) is 9.37.